The van der Waals surface area contributed by atoms with Crippen molar-refractivity contribution in [3.05, 3.63) is 69.9 Å². The number of ether oxygens (including phenoxy) is 1. The second kappa shape index (κ2) is 7.86. The van der Waals surface area contributed by atoms with Crippen LogP contribution in [0.3, 0.4) is 0 Å². The van der Waals surface area contributed by atoms with Crippen LogP contribution in [0.4, 0.5) is 9.18 Å². The third-order valence-electron chi connectivity index (χ3n) is 4.12. The Balaban J connectivity index is 1.85. The van der Waals surface area contributed by atoms with Crippen molar-refractivity contribution in [3.8, 4) is 0 Å². The minimum Gasteiger partial charge on any atom is -0.479 e. The summed E-state index contributed by atoms with van der Waals surface area (Å²) in [5.41, 5.74) is 0.983. The molecule has 0 aliphatic heterocycles. The van der Waals surface area contributed by atoms with Gasteiger partial charge >= 0.3 is 12.1 Å². The highest BCUT2D eigenvalue weighted by atomic mass is 79.9. The Morgan fingerprint density at radius 1 is 1.23 bits per heavy atom. The standard InChI is InChI=1S/C19H17BrFNO4/c20-16-9-6-13(21)10-15(16)17(18(23)24)22(14-7-8-14)19(25)26-11-12-4-2-1-3-5-12/h1-6,9-10,14,17H,7-8,11H2,(H,23,24). The molecule has 1 saturated carbocycles. The first kappa shape index (κ1) is 18.4. The molecule has 0 radical (unpaired) electrons. The van der Waals surface area contributed by atoms with Crippen molar-refractivity contribution in [2.24, 2.45) is 0 Å². The van der Waals surface area contributed by atoms with Crippen molar-refractivity contribution in [2.75, 3.05) is 0 Å². The number of nitrogens with zero attached hydrogens (tertiary/aromatic N) is 1. The second-order valence-corrected chi connectivity index (χ2v) is 6.94. The van der Waals surface area contributed by atoms with E-state index in [1.807, 2.05) is 30.3 Å². The number of halogens is 2. The van der Waals surface area contributed by atoms with Crippen LogP contribution >= 0.6 is 15.9 Å². The Morgan fingerprint density at radius 3 is 2.54 bits per heavy atom. The smallest absolute Gasteiger partial charge is 0.411 e. The van der Waals surface area contributed by atoms with Gasteiger partial charge in [0.15, 0.2) is 6.04 Å². The first-order valence-electron chi connectivity index (χ1n) is 8.14. The maximum absolute atomic E-state index is 13.7. The quantitative estimate of drug-likeness (QED) is 0.744. The molecule has 1 unspecified atom stereocenters. The Hall–Kier alpha value is -2.41. The lowest BCUT2D eigenvalue weighted by atomic mass is 10.1. The minimum atomic E-state index is -1.32. The number of carbonyl (C=O) groups excluding carboxylic acids is 1. The maximum Gasteiger partial charge on any atom is 0.411 e. The van der Waals surface area contributed by atoms with E-state index in [2.05, 4.69) is 15.9 Å². The molecule has 1 atom stereocenters. The van der Waals surface area contributed by atoms with Gasteiger partial charge in [0.05, 0.1) is 0 Å². The molecule has 7 heteroatoms. The van der Waals surface area contributed by atoms with Crippen LogP contribution < -0.4 is 0 Å². The van der Waals surface area contributed by atoms with Gasteiger partial charge in [-0.1, -0.05) is 46.3 Å². The van der Waals surface area contributed by atoms with Gasteiger partial charge in [0.2, 0.25) is 0 Å². The largest absolute Gasteiger partial charge is 0.479 e. The first-order chi connectivity index (χ1) is 12.5. The molecule has 0 bridgehead atoms. The SMILES string of the molecule is O=C(O)C(c1cc(F)ccc1Br)N(C(=O)OCc1ccccc1)C1CC1. The lowest BCUT2D eigenvalue weighted by Crippen LogP contribution is -2.41. The fourth-order valence-corrected chi connectivity index (χ4v) is 3.20. The minimum absolute atomic E-state index is 0.0412. The van der Waals surface area contributed by atoms with Crippen LogP contribution in [0.2, 0.25) is 0 Å². The van der Waals surface area contributed by atoms with Crippen LogP contribution in [0.5, 0.6) is 0 Å². The predicted octanol–water partition coefficient (Wildman–Crippen LogP) is 4.52. The molecule has 5 nitrogen and oxygen atoms in total. The van der Waals surface area contributed by atoms with E-state index in [1.54, 1.807) is 0 Å². The van der Waals surface area contributed by atoms with Crippen molar-refractivity contribution >= 4 is 28.0 Å². The summed E-state index contributed by atoms with van der Waals surface area (Å²) in [5.74, 6) is -1.80. The summed E-state index contributed by atoms with van der Waals surface area (Å²) in [7, 11) is 0. The summed E-state index contributed by atoms with van der Waals surface area (Å²) >= 11 is 3.25. The molecule has 26 heavy (non-hydrogen) atoms. The van der Waals surface area contributed by atoms with E-state index >= 15 is 0 Å². The number of carbonyl (C=O) groups is 2. The number of benzene rings is 2. The number of hydrogen-bond donors (Lipinski definition) is 1. The number of carboxylic acid groups (broad SMARTS) is 1. The first-order valence-corrected chi connectivity index (χ1v) is 8.93. The van der Waals surface area contributed by atoms with Crippen LogP contribution in [0, 0.1) is 5.82 Å². The van der Waals surface area contributed by atoms with E-state index in [0.717, 1.165) is 11.6 Å². The molecule has 0 spiro atoms. The van der Waals surface area contributed by atoms with Crippen LogP contribution in [0.1, 0.15) is 30.0 Å². The lowest BCUT2D eigenvalue weighted by molar-refractivity contribution is -0.143. The molecular formula is C19H17BrFNO4. The number of rotatable bonds is 6. The molecule has 0 heterocycles. The van der Waals surface area contributed by atoms with E-state index in [1.165, 1.54) is 17.0 Å². The van der Waals surface area contributed by atoms with Crippen LogP contribution in [-0.2, 0) is 16.1 Å². The van der Waals surface area contributed by atoms with Gasteiger partial charge in [-0.25, -0.2) is 14.0 Å². The van der Waals surface area contributed by atoms with Gasteiger partial charge in [0.25, 0.3) is 0 Å². The van der Waals surface area contributed by atoms with Gasteiger partial charge in [-0.05, 0) is 36.6 Å². The summed E-state index contributed by atoms with van der Waals surface area (Å²) in [6.07, 6.45) is 0.661. The van der Waals surface area contributed by atoms with Gasteiger partial charge in [0.1, 0.15) is 12.4 Å². The van der Waals surface area contributed by atoms with Crippen molar-refractivity contribution < 1.29 is 23.8 Å². The van der Waals surface area contributed by atoms with Crippen molar-refractivity contribution in [2.45, 2.75) is 31.5 Å². The summed E-state index contributed by atoms with van der Waals surface area (Å²) < 4.78 is 19.4. The normalized spacial score (nSPS) is 14.5. The highest BCUT2D eigenvalue weighted by Gasteiger charge is 2.43. The molecule has 0 aromatic heterocycles. The predicted molar refractivity (Wildman–Crippen MR) is 96.0 cm³/mol. The molecule has 2 aromatic rings. The molecule has 1 N–H and O–H groups in total. The molecule has 2 aromatic carbocycles. The van der Waals surface area contributed by atoms with Gasteiger partial charge in [-0.2, -0.15) is 0 Å². The molecule has 1 fully saturated rings. The number of hydrogen-bond acceptors (Lipinski definition) is 3. The Morgan fingerprint density at radius 2 is 1.92 bits per heavy atom. The molecular weight excluding hydrogens is 405 g/mol. The van der Waals surface area contributed by atoms with Gasteiger partial charge < -0.3 is 9.84 Å². The van der Waals surface area contributed by atoms with Gasteiger partial charge in [-0.3, -0.25) is 4.90 Å². The molecule has 1 aliphatic carbocycles. The third-order valence-corrected chi connectivity index (χ3v) is 4.84. The molecule has 1 amide bonds. The van der Waals surface area contributed by atoms with Crippen molar-refractivity contribution in [1.82, 2.24) is 4.90 Å². The topological polar surface area (TPSA) is 66.8 Å². The van der Waals surface area contributed by atoms with E-state index in [9.17, 15) is 19.1 Å². The number of carboxylic acids is 1. The molecule has 1 aliphatic rings. The summed E-state index contributed by atoms with van der Waals surface area (Å²) in [6.45, 7) is 0.0412. The Labute approximate surface area is 158 Å². The zero-order valence-corrected chi connectivity index (χ0v) is 15.4. The Bertz CT molecular complexity index is 810. The average Bonchev–Trinajstić information content (AvgIpc) is 3.45. The van der Waals surface area contributed by atoms with E-state index in [-0.39, 0.29) is 18.2 Å². The second-order valence-electron chi connectivity index (χ2n) is 6.09. The van der Waals surface area contributed by atoms with E-state index < -0.39 is 23.9 Å². The summed E-state index contributed by atoms with van der Waals surface area (Å²) in [6, 6.07) is 11.4. The zero-order chi connectivity index (χ0) is 18.7. The molecule has 0 saturated heterocycles. The van der Waals surface area contributed by atoms with Crippen molar-refractivity contribution in [1.29, 1.82) is 0 Å². The van der Waals surface area contributed by atoms with E-state index in [4.69, 9.17) is 4.74 Å². The number of amides is 1. The monoisotopic (exact) mass is 421 g/mol. The fourth-order valence-electron chi connectivity index (χ4n) is 2.74. The summed E-state index contributed by atoms with van der Waals surface area (Å²) in [4.78, 5) is 25.8. The van der Waals surface area contributed by atoms with Crippen LogP contribution in [0.25, 0.3) is 0 Å². The Kier molecular flexibility index (Phi) is 5.56. The van der Waals surface area contributed by atoms with Gasteiger partial charge in [0, 0.05) is 16.1 Å². The summed E-state index contributed by atoms with van der Waals surface area (Å²) in [5, 5.41) is 9.73. The lowest BCUT2D eigenvalue weighted by Gasteiger charge is -2.29. The van der Waals surface area contributed by atoms with Gasteiger partial charge in [-0.15, -0.1) is 0 Å². The zero-order valence-electron chi connectivity index (χ0n) is 13.8. The fraction of sp³-hybridized carbons (Fsp3) is 0.263. The molecule has 3 rings (SSSR count). The average molecular weight is 422 g/mol. The van der Waals surface area contributed by atoms with Crippen molar-refractivity contribution in [3.63, 3.8) is 0 Å². The van der Waals surface area contributed by atoms with Crippen LogP contribution in [0.15, 0.2) is 53.0 Å². The van der Waals surface area contributed by atoms with E-state index in [0.29, 0.717) is 17.3 Å². The van der Waals surface area contributed by atoms with Crippen LogP contribution in [-0.4, -0.2) is 28.1 Å². The third kappa shape index (κ3) is 4.22. The highest BCUT2D eigenvalue weighted by molar-refractivity contribution is 9.10. The molecule has 136 valence electrons. The number of aliphatic carboxylic acids is 1. The maximum atomic E-state index is 13.7. The highest BCUT2D eigenvalue weighted by Crippen LogP contribution is 2.38.